The minimum atomic E-state index is 0.604. The Kier molecular flexibility index (Phi) is 5.83. The summed E-state index contributed by atoms with van der Waals surface area (Å²) in [4.78, 5) is 1.42. The fourth-order valence-electron chi connectivity index (χ4n) is 1.23. The van der Waals surface area contributed by atoms with Gasteiger partial charge in [0.2, 0.25) is 0 Å². The summed E-state index contributed by atoms with van der Waals surface area (Å²) < 4.78 is 0. The average molecular weight is 212 g/mol. The lowest BCUT2D eigenvalue weighted by atomic mass is 10.3. The molecule has 0 radical (unpaired) electrons. The first kappa shape index (κ1) is 11.7. The van der Waals surface area contributed by atoms with Gasteiger partial charge in [0.05, 0.1) is 0 Å². The maximum Gasteiger partial charge on any atom is 0.0299 e. The molecule has 0 aliphatic carbocycles. The van der Waals surface area contributed by atoms with Gasteiger partial charge in [-0.2, -0.15) is 0 Å². The van der Waals surface area contributed by atoms with Crippen molar-refractivity contribution in [3.8, 4) is 0 Å². The highest BCUT2D eigenvalue weighted by Gasteiger charge is 1.93. The smallest absolute Gasteiger partial charge is 0.0299 e. The van der Waals surface area contributed by atoms with Crippen molar-refractivity contribution in [3.05, 3.63) is 22.4 Å². The highest BCUT2D eigenvalue weighted by molar-refractivity contribution is 7.09. The van der Waals surface area contributed by atoms with E-state index in [1.807, 2.05) is 11.3 Å². The number of nitrogens with one attached hydrogen (secondary N) is 2. The van der Waals surface area contributed by atoms with Crippen LogP contribution >= 0.6 is 11.3 Å². The summed E-state index contributed by atoms with van der Waals surface area (Å²) in [5.74, 6) is 0. The van der Waals surface area contributed by atoms with Gasteiger partial charge in [0, 0.05) is 17.5 Å². The van der Waals surface area contributed by atoms with Crippen LogP contribution in [0.25, 0.3) is 0 Å². The molecule has 1 aromatic heterocycles. The summed E-state index contributed by atoms with van der Waals surface area (Å²) in [6, 6.07) is 4.87. The van der Waals surface area contributed by atoms with Crippen LogP contribution < -0.4 is 10.6 Å². The summed E-state index contributed by atoms with van der Waals surface area (Å²) in [6.45, 7) is 7.57. The lowest BCUT2D eigenvalue weighted by Crippen LogP contribution is -2.26. The van der Waals surface area contributed by atoms with E-state index in [1.54, 1.807) is 0 Å². The first-order valence-corrected chi connectivity index (χ1v) is 6.13. The zero-order valence-electron chi connectivity index (χ0n) is 9.05. The Hall–Kier alpha value is -0.380. The SMILES string of the molecule is CC(C)NCCCNCc1cccs1. The van der Waals surface area contributed by atoms with E-state index < -0.39 is 0 Å². The second kappa shape index (κ2) is 6.98. The van der Waals surface area contributed by atoms with Crippen LogP contribution in [0.4, 0.5) is 0 Å². The molecular formula is C11H20N2S. The van der Waals surface area contributed by atoms with Crippen LogP contribution in [0.5, 0.6) is 0 Å². The van der Waals surface area contributed by atoms with Gasteiger partial charge in [-0.25, -0.2) is 0 Å². The molecule has 0 aliphatic heterocycles. The van der Waals surface area contributed by atoms with Gasteiger partial charge in [0.25, 0.3) is 0 Å². The van der Waals surface area contributed by atoms with Crippen LogP contribution in [0.1, 0.15) is 25.1 Å². The molecule has 0 saturated heterocycles. The second-order valence-corrected chi connectivity index (χ2v) is 4.75. The molecule has 1 rings (SSSR count). The molecule has 14 heavy (non-hydrogen) atoms. The van der Waals surface area contributed by atoms with Crippen molar-refractivity contribution >= 4 is 11.3 Å². The summed E-state index contributed by atoms with van der Waals surface area (Å²) in [5.41, 5.74) is 0. The fraction of sp³-hybridized carbons (Fsp3) is 0.636. The quantitative estimate of drug-likeness (QED) is 0.677. The summed E-state index contributed by atoms with van der Waals surface area (Å²) in [7, 11) is 0. The van der Waals surface area contributed by atoms with Crippen LogP contribution in [0.3, 0.4) is 0 Å². The highest BCUT2D eigenvalue weighted by atomic mass is 32.1. The maximum atomic E-state index is 3.43. The molecule has 0 spiro atoms. The van der Waals surface area contributed by atoms with Crippen molar-refractivity contribution in [2.45, 2.75) is 32.9 Å². The van der Waals surface area contributed by atoms with E-state index >= 15 is 0 Å². The van der Waals surface area contributed by atoms with Crippen LogP contribution in [0, 0.1) is 0 Å². The Labute approximate surface area is 90.7 Å². The lowest BCUT2D eigenvalue weighted by Gasteiger charge is -2.07. The number of thiophene rings is 1. The molecule has 1 heterocycles. The molecule has 80 valence electrons. The average Bonchev–Trinajstić information content (AvgIpc) is 2.63. The van der Waals surface area contributed by atoms with Crippen molar-refractivity contribution in [1.29, 1.82) is 0 Å². The molecule has 0 aromatic carbocycles. The minimum absolute atomic E-state index is 0.604. The van der Waals surface area contributed by atoms with Gasteiger partial charge in [0.15, 0.2) is 0 Å². The Bertz CT molecular complexity index is 219. The minimum Gasteiger partial charge on any atom is -0.314 e. The third-order valence-corrected chi connectivity index (χ3v) is 2.84. The fourth-order valence-corrected chi connectivity index (χ4v) is 1.90. The Morgan fingerprint density at radius 2 is 2.21 bits per heavy atom. The summed E-state index contributed by atoms with van der Waals surface area (Å²) in [6.07, 6.45) is 1.20. The molecule has 2 nitrogen and oxygen atoms in total. The van der Waals surface area contributed by atoms with Gasteiger partial charge in [-0.3, -0.25) is 0 Å². The lowest BCUT2D eigenvalue weighted by molar-refractivity contribution is 0.548. The normalized spacial score (nSPS) is 11.1. The molecule has 0 bridgehead atoms. The van der Waals surface area contributed by atoms with Crippen molar-refractivity contribution in [1.82, 2.24) is 10.6 Å². The van der Waals surface area contributed by atoms with E-state index in [2.05, 4.69) is 42.0 Å². The molecule has 0 aliphatic rings. The Balaban J connectivity index is 1.90. The van der Waals surface area contributed by atoms with E-state index in [0.717, 1.165) is 19.6 Å². The predicted octanol–water partition coefficient (Wildman–Crippen LogP) is 2.23. The van der Waals surface area contributed by atoms with E-state index in [9.17, 15) is 0 Å². The molecule has 2 N–H and O–H groups in total. The predicted molar refractivity (Wildman–Crippen MR) is 63.8 cm³/mol. The molecule has 0 fully saturated rings. The van der Waals surface area contributed by atoms with Crippen LogP contribution in [-0.2, 0) is 6.54 Å². The van der Waals surface area contributed by atoms with Gasteiger partial charge in [0.1, 0.15) is 0 Å². The van der Waals surface area contributed by atoms with Gasteiger partial charge >= 0.3 is 0 Å². The molecule has 0 saturated carbocycles. The molecule has 1 aromatic rings. The van der Waals surface area contributed by atoms with E-state index in [-0.39, 0.29) is 0 Å². The van der Waals surface area contributed by atoms with Gasteiger partial charge < -0.3 is 10.6 Å². The van der Waals surface area contributed by atoms with Crippen LogP contribution in [-0.4, -0.2) is 19.1 Å². The zero-order valence-corrected chi connectivity index (χ0v) is 9.86. The van der Waals surface area contributed by atoms with Gasteiger partial charge in [-0.1, -0.05) is 19.9 Å². The van der Waals surface area contributed by atoms with Crippen molar-refractivity contribution in [3.63, 3.8) is 0 Å². The zero-order chi connectivity index (χ0) is 10.2. The van der Waals surface area contributed by atoms with Gasteiger partial charge in [-0.05, 0) is 31.0 Å². The largest absolute Gasteiger partial charge is 0.314 e. The van der Waals surface area contributed by atoms with Crippen LogP contribution in [0.2, 0.25) is 0 Å². The molecular weight excluding hydrogens is 192 g/mol. The first-order valence-electron chi connectivity index (χ1n) is 5.25. The summed E-state index contributed by atoms with van der Waals surface area (Å²) in [5, 5.41) is 8.96. The first-order chi connectivity index (χ1) is 6.79. The van der Waals surface area contributed by atoms with Crippen molar-refractivity contribution in [2.75, 3.05) is 13.1 Å². The second-order valence-electron chi connectivity index (χ2n) is 3.72. The third kappa shape index (κ3) is 5.37. The molecule has 3 heteroatoms. The molecule has 0 atom stereocenters. The van der Waals surface area contributed by atoms with Crippen molar-refractivity contribution in [2.24, 2.45) is 0 Å². The standard InChI is InChI=1S/C11H20N2S/c1-10(2)13-7-4-6-12-9-11-5-3-8-14-11/h3,5,8,10,12-13H,4,6-7,9H2,1-2H3. The number of hydrogen-bond donors (Lipinski definition) is 2. The number of rotatable bonds is 7. The number of hydrogen-bond acceptors (Lipinski definition) is 3. The molecule has 0 unspecified atom stereocenters. The Morgan fingerprint density at radius 3 is 2.86 bits per heavy atom. The van der Waals surface area contributed by atoms with Crippen LogP contribution in [0.15, 0.2) is 17.5 Å². The van der Waals surface area contributed by atoms with E-state index in [4.69, 9.17) is 0 Å². The van der Waals surface area contributed by atoms with E-state index in [0.29, 0.717) is 6.04 Å². The van der Waals surface area contributed by atoms with Crippen molar-refractivity contribution < 1.29 is 0 Å². The Morgan fingerprint density at radius 1 is 1.36 bits per heavy atom. The van der Waals surface area contributed by atoms with Gasteiger partial charge in [-0.15, -0.1) is 11.3 Å². The maximum absolute atomic E-state index is 3.43. The highest BCUT2D eigenvalue weighted by Crippen LogP contribution is 2.06. The third-order valence-electron chi connectivity index (χ3n) is 1.96. The summed E-state index contributed by atoms with van der Waals surface area (Å²) >= 11 is 1.81. The topological polar surface area (TPSA) is 24.1 Å². The van der Waals surface area contributed by atoms with E-state index in [1.165, 1.54) is 11.3 Å². The molecule has 0 amide bonds. The monoisotopic (exact) mass is 212 g/mol.